The lowest BCUT2D eigenvalue weighted by Crippen LogP contribution is -2.30. The van der Waals surface area contributed by atoms with Gasteiger partial charge in [0, 0.05) is 30.5 Å². The van der Waals surface area contributed by atoms with Crippen molar-refractivity contribution in [1.29, 1.82) is 0 Å². The number of rotatable bonds is 4. The van der Waals surface area contributed by atoms with Gasteiger partial charge in [-0.2, -0.15) is 0 Å². The number of likely N-dealkylation sites (N-methyl/N-ethyl adjacent to an activating group) is 1. The Hall–Kier alpha value is -1.28. The Balaban J connectivity index is 1.65. The van der Waals surface area contributed by atoms with Crippen LogP contribution in [0, 0.1) is 0 Å². The predicted molar refractivity (Wildman–Crippen MR) is 76.0 cm³/mol. The molecule has 0 aromatic carbocycles. The third-order valence-electron chi connectivity index (χ3n) is 4.34. The van der Waals surface area contributed by atoms with Gasteiger partial charge in [-0.1, -0.05) is 18.9 Å². The average molecular weight is 242 g/mol. The number of hydrogen-bond acceptors (Lipinski definition) is 1. The van der Waals surface area contributed by atoms with Crippen molar-refractivity contribution in [3.63, 3.8) is 0 Å². The summed E-state index contributed by atoms with van der Waals surface area (Å²) in [6.07, 6.45) is 11.1. The summed E-state index contributed by atoms with van der Waals surface area (Å²) >= 11 is 0. The molecule has 0 radical (unpaired) electrons. The van der Waals surface area contributed by atoms with Gasteiger partial charge in [0.25, 0.3) is 0 Å². The molecule has 0 unspecified atom stereocenters. The number of hydrogen-bond donors (Lipinski definition) is 0. The average Bonchev–Trinajstić information content (AvgIpc) is 3.06. The van der Waals surface area contributed by atoms with Gasteiger partial charge >= 0.3 is 0 Å². The second kappa shape index (κ2) is 5.15. The van der Waals surface area contributed by atoms with Crippen molar-refractivity contribution >= 4 is 5.52 Å². The monoisotopic (exact) mass is 242 g/mol. The predicted octanol–water partition coefficient (Wildman–Crippen LogP) is 3.36. The summed E-state index contributed by atoms with van der Waals surface area (Å²) in [5.41, 5.74) is 2.83. The highest BCUT2D eigenvalue weighted by Gasteiger charge is 2.19. The molecule has 2 heteroatoms. The summed E-state index contributed by atoms with van der Waals surface area (Å²) in [6.45, 7) is 1.18. The molecule has 0 saturated heterocycles. The molecule has 2 aromatic rings. The fraction of sp³-hybridized carbons (Fsp3) is 0.500. The quantitative estimate of drug-likeness (QED) is 0.798. The number of aromatic nitrogens is 1. The molecular weight excluding hydrogens is 220 g/mol. The molecule has 0 bridgehead atoms. The van der Waals surface area contributed by atoms with Gasteiger partial charge in [0.15, 0.2) is 0 Å². The summed E-state index contributed by atoms with van der Waals surface area (Å²) in [7, 11) is 2.29. The fourth-order valence-corrected chi connectivity index (χ4v) is 3.15. The van der Waals surface area contributed by atoms with Crippen LogP contribution in [0.3, 0.4) is 0 Å². The number of fused-ring (bicyclic) bond motifs is 1. The Morgan fingerprint density at radius 1 is 1.17 bits per heavy atom. The first-order valence-corrected chi connectivity index (χ1v) is 7.09. The molecule has 0 atom stereocenters. The van der Waals surface area contributed by atoms with E-state index in [4.69, 9.17) is 0 Å². The van der Waals surface area contributed by atoms with Gasteiger partial charge in [0.1, 0.15) is 0 Å². The van der Waals surface area contributed by atoms with E-state index in [-0.39, 0.29) is 0 Å². The van der Waals surface area contributed by atoms with E-state index in [2.05, 4.69) is 53.0 Å². The van der Waals surface area contributed by atoms with E-state index < -0.39 is 0 Å². The van der Waals surface area contributed by atoms with Crippen LogP contribution in [0.1, 0.15) is 31.2 Å². The Morgan fingerprint density at radius 3 is 2.83 bits per heavy atom. The molecule has 18 heavy (non-hydrogen) atoms. The van der Waals surface area contributed by atoms with Crippen LogP contribution in [-0.2, 0) is 6.42 Å². The summed E-state index contributed by atoms with van der Waals surface area (Å²) in [4.78, 5) is 2.56. The van der Waals surface area contributed by atoms with E-state index >= 15 is 0 Å². The molecule has 0 amide bonds. The van der Waals surface area contributed by atoms with Crippen LogP contribution in [0.15, 0.2) is 36.7 Å². The maximum Gasteiger partial charge on any atom is 0.0482 e. The van der Waals surface area contributed by atoms with E-state index in [1.165, 1.54) is 43.3 Å². The van der Waals surface area contributed by atoms with Crippen LogP contribution in [0.2, 0.25) is 0 Å². The molecule has 96 valence electrons. The van der Waals surface area contributed by atoms with Crippen molar-refractivity contribution in [3.8, 4) is 0 Å². The van der Waals surface area contributed by atoms with Crippen LogP contribution in [0.4, 0.5) is 0 Å². The van der Waals surface area contributed by atoms with Crippen LogP contribution in [0.25, 0.3) is 5.52 Å². The normalized spacial score (nSPS) is 17.0. The minimum absolute atomic E-state index is 0.832. The highest BCUT2D eigenvalue weighted by molar-refractivity contribution is 5.55. The first-order chi connectivity index (χ1) is 8.84. The molecule has 1 aliphatic carbocycles. The van der Waals surface area contributed by atoms with Gasteiger partial charge in [-0.15, -0.1) is 0 Å². The standard InChI is InChI=1S/C16H22N2/c1-17(15-6-2-3-7-15)12-9-14-10-13-18-11-5-4-8-16(14)18/h4-5,8,10-11,13,15H,2-3,6-7,9,12H2,1H3. The van der Waals surface area contributed by atoms with E-state index in [1.54, 1.807) is 0 Å². The number of pyridine rings is 1. The van der Waals surface area contributed by atoms with E-state index in [1.807, 2.05) is 0 Å². The van der Waals surface area contributed by atoms with E-state index in [9.17, 15) is 0 Å². The Kier molecular flexibility index (Phi) is 3.37. The highest BCUT2D eigenvalue weighted by atomic mass is 15.1. The lowest BCUT2D eigenvalue weighted by molar-refractivity contribution is 0.249. The number of nitrogens with zero attached hydrogens (tertiary/aromatic N) is 2. The summed E-state index contributed by atoms with van der Waals surface area (Å²) in [5.74, 6) is 0. The fourth-order valence-electron chi connectivity index (χ4n) is 3.15. The molecule has 1 fully saturated rings. The molecule has 2 heterocycles. The molecule has 1 aliphatic rings. The van der Waals surface area contributed by atoms with Crippen molar-refractivity contribution in [3.05, 3.63) is 42.2 Å². The van der Waals surface area contributed by atoms with Gasteiger partial charge < -0.3 is 9.30 Å². The van der Waals surface area contributed by atoms with Crippen LogP contribution in [0.5, 0.6) is 0 Å². The third kappa shape index (κ3) is 2.30. The molecule has 1 saturated carbocycles. The molecule has 0 spiro atoms. The molecule has 0 aliphatic heterocycles. The van der Waals surface area contributed by atoms with Gasteiger partial charge in [-0.3, -0.25) is 0 Å². The first-order valence-electron chi connectivity index (χ1n) is 7.09. The zero-order valence-corrected chi connectivity index (χ0v) is 11.2. The van der Waals surface area contributed by atoms with Crippen molar-refractivity contribution in [1.82, 2.24) is 9.30 Å². The smallest absolute Gasteiger partial charge is 0.0482 e. The topological polar surface area (TPSA) is 7.65 Å². The minimum Gasteiger partial charge on any atom is -0.324 e. The van der Waals surface area contributed by atoms with Gasteiger partial charge in [0.2, 0.25) is 0 Å². The van der Waals surface area contributed by atoms with Crippen molar-refractivity contribution in [2.24, 2.45) is 0 Å². The van der Waals surface area contributed by atoms with E-state index in [0.717, 1.165) is 12.5 Å². The Labute approximate surface area is 109 Å². The van der Waals surface area contributed by atoms with Crippen LogP contribution >= 0.6 is 0 Å². The summed E-state index contributed by atoms with van der Waals surface area (Å²) in [5, 5.41) is 0. The second-order valence-corrected chi connectivity index (χ2v) is 5.50. The van der Waals surface area contributed by atoms with Crippen molar-refractivity contribution < 1.29 is 0 Å². The third-order valence-corrected chi connectivity index (χ3v) is 4.34. The molecule has 0 N–H and O–H groups in total. The SMILES string of the molecule is CN(CCc1ccn2ccccc12)C1CCCC1. The van der Waals surface area contributed by atoms with E-state index in [0.29, 0.717) is 0 Å². The maximum atomic E-state index is 2.56. The lowest BCUT2D eigenvalue weighted by atomic mass is 10.1. The Morgan fingerprint density at radius 2 is 2.00 bits per heavy atom. The zero-order chi connectivity index (χ0) is 12.4. The highest BCUT2D eigenvalue weighted by Crippen LogP contribution is 2.23. The Bertz CT molecular complexity index is 509. The van der Waals surface area contributed by atoms with Gasteiger partial charge in [-0.25, -0.2) is 0 Å². The van der Waals surface area contributed by atoms with Crippen LogP contribution in [-0.4, -0.2) is 28.9 Å². The maximum absolute atomic E-state index is 2.56. The molecule has 2 aromatic heterocycles. The first kappa shape index (κ1) is 11.8. The second-order valence-electron chi connectivity index (χ2n) is 5.50. The molecular formula is C16H22N2. The van der Waals surface area contributed by atoms with Crippen molar-refractivity contribution in [2.75, 3.05) is 13.6 Å². The zero-order valence-electron chi connectivity index (χ0n) is 11.2. The van der Waals surface area contributed by atoms with Gasteiger partial charge in [0.05, 0.1) is 0 Å². The van der Waals surface area contributed by atoms with Crippen molar-refractivity contribution in [2.45, 2.75) is 38.1 Å². The summed E-state index contributed by atoms with van der Waals surface area (Å²) < 4.78 is 2.21. The minimum atomic E-state index is 0.832. The lowest BCUT2D eigenvalue weighted by Gasteiger charge is -2.23. The largest absolute Gasteiger partial charge is 0.324 e. The molecule has 2 nitrogen and oxygen atoms in total. The molecule has 3 rings (SSSR count). The van der Waals surface area contributed by atoms with Crippen LogP contribution < -0.4 is 0 Å². The summed E-state index contributed by atoms with van der Waals surface area (Å²) in [6, 6.07) is 9.52. The van der Waals surface area contributed by atoms with Gasteiger partial charge in [-0.05, 0) is 50.1 Å².